The molecule has 0 spiro atoms. The number of nitrogens with two attached hydrogens (primary N) is 2. The lowest BCUT2D eigenvalue weighted by atomic mass is 10.1. The van der Waals surface area contributed by atoms with Crippen molar-refractivity contribution in [2.24, 2.45) is 16.5 Å². The smallest absolute Gasteiger partial charge is 0.306 e. The number of aliphatic imine (C=N–C) groups is 1. The summed E-state index contributed by atoms with van der Waals surface area (Å²) in [6.45, 7) is 6.29. The molecule has 0 rings (SSSR count). The van der Waals surface area contributed by atoms with Crippen LogP contribution in [0, 0.1) is 0 Å². The maximum absolute atomic E-state index is 11.4. The van der Waals surface area contributed by atoms with Crippen LogP contribution in [-0.2, 0) is 9.53 Å². The van der Waals surface area contributed by atoms with Crippen LogP contribution < -0.4 is 11.5 Å². The second kappa shape index (κ2) is 7.92. The third kappa shape index (κ3) is 12.7. The van der Waals surface area contributed by atoms with E-state index in [1.54, 1.807) is 0 Å². The average Bonchev–Trinajstić information content (AvgIpc) is 2.12. The van der Waals surface area contributed by atoms with Crippen molar-refractivity contribution in [2.75, 3.05) is 6.54 Å². The van der Waals surface area contributed by atoms with E-state index in [2.05, 4.69) is 4.99 Å². The number of esters is 1. The second-order valence-electron chi connectivity index (χ2n) is 5.06. The average molecular weight is 243 g/mol. The number of hydrogen-bond donors (Lipinski definition) is 2. The Morgan fingerprint density at radius 1 is 1.12 bits per heavy atom. The topological polar surface area (TPSA) is 90.7 Å². The van der Waals surface area contributed by atoms with E-state index >= 15 is 0 Å². The van der Waals surface area contributed by atoms with Crippen LogP contribution in [0.25, 0.3) is 0 Å². The summed E-state index contributed by atoms with van der Waals surface area (Å²) >= 11 is 0. The lowest BCUT2D eigenvalue weighted by molar-refractivity contribution is -0.154. The van der Waals surface area contributed by atoms with Gasteiger partial charge in [-0.05, 0) is 33.6 Å². The van der Waals surface area contributed by atoms with Crippen LogP contribution in [0.2, 0.25) is 0 Å². The molecule has 17 heavy (non-hydrogen) atoms. The summed E-state index contributed by atoms with van der Waals surface area (Å²) < 4.78 is 5.20. The van der Waals surface area contributed by atoms with Crippen LogP contribution in [0.15, 0.2) is 4.99 Å². The predicted molar refractivity (Wildman–Crippen MR) is 69.6 cm³/mol. The zero-order valence-electron chi connectivity index (χ0n) is 11.2. The largest absolute Gasteiger partial charge is 0.460 e. The molecule has 0 aliphatic carbocycles. The van der Waals surface area contributed by atoms with Gasteiger partial charge in [0.25, 0.3) is 0 Å². The van der Waals surface area contributed by atoms with Crippen molar-refractivity contribution in [3.8, 4) is 0 Å². The number of carbonyl (C=O) groups excluding carboxylic acids is 1. The van der Waals surface area contributed by atoms with Crippen molar-refractivity contribution in [1.29, 1.82) is 0 Å². The molecule has 0 heterocycles. The maximum atomic E-state index is 11.4. The number of carbonyl (C=O) groups is 1. The molecule has 4 N–H and O–H groups in total. The third-order valence-electron chi connectivity index (χ3n) is 2.00. The molecule has 0 fully saturated rings. The van der Waals surface area contributed by atoms with Crippen LogP contribution >= 0.6 is 0 Å². The van der Waals surface area contributed by atoms with Crippen LogP contribution in [0.3, 0.4) is 0 Å². The van der Waals surface area contributed by atoms with Gasteiger partial charge in [0.1, 0.15) is 5.60 Å². The molecule has 0 amide bonds. The molecule has 0 aliphatic rings. The zero-order valence-corrected chi connectivity index (χ0v) is 11.2. The van der Waals surface area contributed by atoms with E-state index in [1.807, 2.05) is 20.8 Å². The van der Waals surface area contributed by atoms with E-state index in [1.165, 1.54) is 0 Å². The lowest BCUT2D eigenvalue weighted by Crippen LogP contribution is -2.23. The van der Waals surface area contributed by atoms with Crippen LogP contribution in [0.5, 0.6) is 0 Å². The van der Waals surface area contributed by atoms with Gasteiger partial charge in [-0.3, -0.25) is 9.79 Å². The van der Waals surface area contributed by atoms with Crippen molar-refractivity contribution in [3.05, 3.63) is 0 Å². The highest BCUT2D eigenvalue weighted by atomic mass is 16.6. The minimum atomic E-state index is -0.384. The molecule has 0 atom stereocenters. The molecular formula is C12H25N3O2. The Bertz CT molecular complexity index is 253. The molecular weight excluding hydrogens is 218 g/mol. The van der Waals surface area contributed by atoms with Gasteiger partial charge in [-0.1, -0.05) is 12.8 Å². The Morgan fingerprint density at radius 2 is 1.71 bits per heavy atom. The quantitative estimate of drug-likeness (QED) is 0.307. The monoisotopic (exact) mass is 243 g/mol. The highest BCUT2D eigenvalue weighted by molar-refractivity contribution is 5.75. The maximum Gasteiger partial charge on any atom is 0.306 e. The van der Waals surface area contributed by atoms with Crippen LogP contribution in [0.1, 0.15) is 52.9 Å². The van der Waals surface area contributed by atoms with E-state index in [9.17, 15) is 4.79 Å². The molecule has 0 saturated carbocycles. The molecule has 0 radical (unpaired) electrons. The Hall–Kier alpha value is -1.26. The Balaban J connectivity index is 3.40. The van der Waals surface area contributed by atoms with Gasteiger partial charge in [0.2, 0.25) is 0 Å². The minimum Gasteiger partial charge on any atom is -0.460 e. The molecule has 0 bridgehead atoms. The van der Waals surface area contributed by atoms with Crippen molar-refractivity contribution in [2.45, 2.75) is 58.5 Å². The van der Waals surface area contributed by atoms with Gasteiger partial charge in [0.15, 0.2) is 5.96 Å². The first kappa shape index (κ1) is 15.7. The van der Waals surface area contributed by atoms with Gasteiger partial charge >= 0.3 is 5.97 Å². The zero-order chi connectivity index (χ0) is 13.3. The van der Waals surface area contributed by atoms with Gasteiger partial charge in [-0.15, -0.1) is 0 Å². The number of unbranched alkanes of at least 4 members (excludes halogenated alkanes) is 3. The first-order valence-electron chi connectivity index (χ1n) is 6.08. The molecule has 0 aliphatic heterocycles. The van der Waals surface area contributed by atoms with Gasteiger partial charge in [-0.2, -0.15) is 0 Å². The third-order valence-corrected chi connectivity index (χ3v) is 2.00. The summed E-state index contributed by atoms with van der Waals surface area (Å²) in [6, 6.07) is 0. The number of guanidine groups is 1. The summed E-state index contributed by atoms with van der Waals surface area (Å²) in [7, 11) is 0. The van der Waals surface area contributed by atoms with Crippen molar-refractivity contribution < 1.29 is 9.53 Å². The predicted octanol–water partition coefficient (Wildman–Crippen LogP) is 1.55. The molecule has 5 nitrogen and oxygen atoms in total. The first-order valence-corrected chi connectivity index (χ1v) is 6.08. The van der Waals surface area contributed by atoms with E-state index in [4.69, 9.17) is 16.2 Å². The Morgan fingerprint density at radius 3 is 2.24 bits per heavy atom. The van der Waals surface area contributed by atoms with Gasteiger partial charge in [-0.25, -0.2) is 0 Å². The number of rotatable bonds is 7. The summed E-state index contributed by atoms with van der Waals surface area (Å²) in [5, 5.41) is 0. The van der Waals surface area contributed by atoms with Crippen LogP contribution in [0.4, 0.5) is 0 Å². The molecule has 100 valence electrons. The molecule has 5 heteroatoms. The fourth-order valence-electron chi connectivity index (χ4n) is 1.34. The van der Waals surface area contributed by atoms with Crippen molar-refractivity contribution >= 4 is 11.9 Å². The number of hydrogen-bond acceptors (Lipinski definition) is 3. The second-order valence-corrected chi connectivity index (χ2v) is 5.06. The number of nitrogens with zero attached hydrogens (tertiary/aromatic N) is 1. The summed E-state index contributed by atoms with van der Waals surface area (Å²) in [4.78, 5) is 15.2. The molecule has 0 aromatic carbocycles. The van der Waals surface area contributed by atoms with Gasteiger partial charge in [0, 0.05) is 13.0 Å². The fraction of sp³-hybridized carbons (Fsp3) is 0.833. The summed E-state index contributed by atoms with van der Waals surface area (Å²) in [5.74, 6) is 0.0143. The summed E-state index contributed by atoms with van der Waals surface area (Å²) in [5.41, 5.74) is 10.0. The standard InChI is InChI=1S/C12H25N3O2/c1-12(2,3)17-10(16)8-6-4-5-7-9-15-11(13)14/h4-9H2,1-3H3,(H4,13,14,15). The number of ether oxygens (including phenoxy) is 1. The van der Waals surface area contributed by atoms with Crippen LogP contribution in [-0.4, -0.2) is 24.1 Å². The van der Waals surface area contributed by atoms with Gasteiger partial charge < -0.3 is 16.2 Å². The first-order chi connectivity index (χ1) is 7.81. The normalized spacial score (nSPS) is 11.0. The minimum absolute atomic E-state index is 0.123. The Kier molecular flexibility index (Phi) is 7.34. The SMILES string of the molecule is CC(C)(C)OC(=O)CCCCCCN=C(N)N. The van der Waals surface area contributed by atoms with Crippen molar-refractivity contribution in [3.63, 3.8) is 0 Å². The van der Waals surface area contributed by atoms with E-state index in [0.29, 0.717) is 13.0 Å². The molecule has 0 aromatic heterocycles. The van der Waals surface area contributed by atoms with Gasteiger partial charge in [0.05, 0.1) is 0 Å². The molecule has 0 unspecified atom stereocenters. The molecule has 0 saturated heterocycles. The fourth-order valence-corrected chi connectivity index (χ4v) is 1.34. The summed E-state index contributed by atoms with van der Waals surface area (Å²) in [6.07, 6.45) is 4.32. The molecule has 0 aromatic rings. The van der Waals surface area contributed by atoms with E-state index in [0.717, 1.165) is 25.7 Å². The Labute approximate surface area is 104 Å². The highest BCUT2D eigenvalue weighted by Gasteiger charge is 2.15. The lowest BCUT2D eigenvalue weighted by Gasteiger charge is -2.19. The highest BCUT2D eigenvalue weighted by Crippen LogP contribution is 2.11. The van der Waals surface area contributed by atoms with E-state index in [-0.39, 0.29) is 17.5 Å². The van der Waals surface area contributed by atoms with Crippen molar-refractivity contribution in [1.82, 2.24) is 0 Å². The van der Waals surface area contributed by atoms with E-state index < -0.39 is 0 Å².